The van der Waals surface area contributed by atoms with E-state index in [2.05, 4.69) is 5.32 Å². The third kappa shape index (κ3) is 4.50. The molecule has 1 aliphatic rings. The van der Waals surface area contributed by atoms with Gasteiger partial charge in [0.25, 0.3) is 11.1 Å². The quantitative estimate of drug-likeness (QED) is 0.633. The van der Waals surface area contributed by atoms with Crippen LogP contribution >= 0.6 is 11.8 Å². The molecule has 1 saturated heterocycles. The molecule has 1 aliphatic heterocycles. The number of nitrogens with one attached hydrogen (secondary N) is 1. The first-order chi connectivity index (χ1) is 13.4. The molecule has 2 amide bonds. The lowest BCUT2D eigenvalue weighted by Gasteiger charge is -2.18. The molecule has 0 radical (unpaired) electrons. The van der Waals surface area contributed by atoms with E-state index in [0.717, 1.165) is 10.5 Å². The van der Waals surface area contributed by atoms with Gasteiger partial charge in [0.2, 0.25) is 0 Å². The predicted octanol–water partition coefficient (Wildman–Crippen LogP) is 5.67. The summed E-state index contributed by atoms with van der Waals surface area (Å²) in [6, 6.07) is 7.31. The molecule has 0 saturated carbocycles. The molecule has 29 heavy (non-hydrogen) atoms. The number of carbonyl (C=O) groups is 2. The van der Waals surface area contributed by atoms with Crippen LogP contribution in [0, 0.1) is 6.92 Å². The van der Waals surface area contributed by atoms with Gasteiger partial charge in [-0.2, -0.15) is 26.3 Å². The van der Waals surface area contributed by atoms with Crippen LogP contribution in [0.4, 0.5) is 42.5 Å². The minimum atomic E-state index is -5.02. The number of carbonyl (C=O) groups excluding carboxylic acids is 2. The third-order valence-electron chi connectivity index (χ3n) is 3.99. The zero-order valence-electron chi connectivity index (χ0n) is 14.6. The van der Waals surface area contributed by atoms with Crippen molar-refractivity contribution < 1.29 is 35.9 Å². The van der Waals surface area contributed by atoms with Gasteiger partial charge in [0.05, 0.1) is 16.8 Å². The Kier molecular flexibility index (Phi) is 5.28. The van der Waals surface area contributed by atoms with Gasteiger partial charge < -0.3 is 5.32 Å². The Morgan fingerprint density at radius 2 is 1.52 bits per heavy atom. The predicted molar refractivity (Wildman–Crippen MR) is 95.5 cm³/mol. The molecule has 1 unspecified atom stereocenters. The van der Waals surface area contributed by atoms with Crippen LogP contribution in [-0.2, 0) is 17.1 Å². The Morgan fingerprint density at radius 3 is 2.03 bits per heavy atom. The second-order valence-corrected chi connectivity index (χ2v) is 7.27. The molecule has 11 heteroatoms. The molecule has 3 rings (SSSR count). The molecule has 0 bridgehead atoms. The van der Waals surface area contributed by atoms with Gasteiger partial charge in [-0.25, -0.2) is 4.90 Å². The van der Waals surface area contributed by atoms with Crippen LogP contribution in [0.15, 0.2) is 42.5 Å². The largest absolute Gasteiger partial charge is 0.416 e. The van der Waals surface area contributed by atoms with E-state index in [4.69, 9.17) is 0 Å². The lowest BCUT2D eigenvalue weighted by Crippen LogP contribution is -2.34. The van der Waals surface area contributed by atoms with Crippen LogP contribution in [0.25, 0.3) is 0 Å². The monoisotopic (exact) mass is 434 g/mol. The number of halogens is 6. The van der Waals surface area contributed by atoms with E-state index in [1.807, 2.05) is 0 Å². The number of hydrogen-bond donors (Lipinski definition) is 1. The smallest absolute Gasteiger partial charge is 0.365 e. The van der Waals surface area contributed by atoms with Gasteiger partial charge in [0.1, 0.15) is 0 Å². The van der Waals surface area contributed by atoms with Crippen LogP contribution in [0.2, 0.25) is 0 Å². The van der Waals surface area contributed by atoms with E-state index in [9.17, 15) is 35.9 Å². The van der Waals surface area contributed by atoms with Gasteiger partial charge >= 0.3 is 12.4 Å². The summed E-state index contributed by atoms with van der Waals surface area (Å²) in [4.78, 5) is 25.6. The Morgan fingerprint density at radius 1 is 0.931 bits per heavy atom. The van der Waals surface area contributed by atoms with Crippen molar-refractivity contribution >= 4 is 34.3 Å². The van der Waals surface area contributed by atoms with E-state index in [0.29, 0.717) is 23.9 Å². The lowest BCUT2D eigenvalue weighted by atomic mass is 10.1. The molecule has 2 aromatic carbocycles. The number of thioether (sulfide) groups is 1. The number of hydrogen-bond acceptors (Lipinski definition) is 4. The van der Waals surface area contributed by atoms with Crippen molar-refractivity contribution in [1.29, 1.82) is 0 Å². The Labute approximate surface area is 164 Å². The summed E-state index contributed by atoms with van der Waals surface area (Å²) in [5.41, 5.74) is -2.59. The summed E-state index contributed by atoms with van der Waals surface area (Å²) < 4.78 is 77.9. The molecular weight excluding hydrogens is 422 g/mol. The maximum Gasteiger partial charge on any atom is 0.416 e. The fourth-order valence-corrected chi connectivity index (χ4v) is 3.60. The van der Waals surface area contributed by atoms with Crippen molar-refractivity contribution in [2.45, 2.75) is 24.7 Å². The van der Waals surface area contributed by atoms with Crippen LogP contribution in [0.5, 0.6) is 0 Å². The third-order valence-corrected chi connectivity index (χ3v) is 4.93. The first kappa shape index (κ1) is 21.0. The fraction of sp³-hybridized carbons (Fsp3) is 0.222. The van der Waals surface area contributed by atoms with Gasteiger partial charge in [-0.05, 0) is 54.6 Å². The van der Waals surface area contributed by atoms with E-state index >= 15 is 0 Å². The second kappa shape index (κ2) is 7.29. The molecule has 1 heterocycles. The Hall–Kier alpha value is -2.69. The highest BCUT2D eigenvalue weighted by Gasteiger charge is 2.42. The first-order valence-electron chi connectivity index (χ1n) is 8.03. The molecule has 1 N–H and O–H groups in total. The molecule has 0 spiro atoms. The lowest BCUT2D eigenvalue weighted by molar-refractivity contribution is -0.143. The number of rotatable bonds is 3. The normalized spacial score (nSPS) is 17.8. The highest BCUT2D eigenvalue weighted by atomic mass is 32.2. The molecular formula is C18H12F6N2O2S. The molecule has 154 valence electrons. The van der Waals surface area contributed by atoms with E-state index in [1.165, 1.54) is 6.07 Å². The minimum Gasteiger partial charge on any atom is -0.365 e. The van der Waals surface area contributed by atoms with Gasteiger partial charge in [0, 0.05) is 5.69 Å². The van der Waals surface area contributed by atoms with Crippen molar-refractivity contribution in [1.82, 2.24) is 0 Å². The number of imide groups is 1. The van der Waals surface area contributed by atoms with Crippen molar-refractivity contribution in [3.63, 3.8) is 0 Å². The van der Waals surface area contributed by atoms with Crippen molar-refractivity contribution in [3.05, 3.63) is 59.2 Å². The minimum absolute atomic E-state index is 0.0149. The van der Waals surface area contributed by atoms with Crippen molar-refractivity contribution in [2.75, 3.05) is 10.2 Å². The summed E-state index contributed by atoms with van der Waals surface area (Å²) in [6.45, 7) is 1.73. The molecule has 0 aliphatic carbocycles. The summed E-state index contributed by atoms with van der Waals surface area (Å²) in [5, 5.41) is 0.250. The van der Waals surface area contributed by atoms with Gasteiger partial charge in [-0.3, -0.25) is 9.59 Å². The Balaban J connectivity index is 1.92. The number of aryl methyl sites for hydroxylation is 1. The van der Waals surface area contributed by atoms with Crippen LogP contribution in [-0.4, -0.2) is 16.5 Å². The number of benzene rings is 2. The Bertz CT molecular complexity index is 941. The summed E-state index contributed by atoms with van der Waals surface area (Å²) in [5.74, 6) is -0.795. The summed E-state index contributed by atoms with van der Waals surface area (Å²) >= 11 is 0.468. The van der Waals surface area contributed by atoms with Crippen molar-refractivity contribution in [2.24, 2.45) is 0 Å². The number of alkyl halides is 6. The standard InChI is InChI=1S/C18H12F6N2O2S/c1-9-3-2-4-13(5-9)26-15(27)14(29-16(26)28)25-12-7-10(17(19,20)21)6-11(8-12)18(22,23)24/h2-8,14,25H,1H3. The second-order valence-electron chi connectivity index (χ2n) is 6.22. The summed E-state index contributed by atoms with van der Waals surface area (Å²) in [6.07, 6.45) is -10.0. The van der Waals surface area contributed by atoms with Crippen LogP contribution in [0.1, 0.15) is 16.7 Å². The first-order valence-corrected chi connectivity index (χ1v) is 8.91. The average Bonchev–Trinajstić information content (AvgIpc) is 2.86. The summed E-state index contributed by atoms with van der Waals surface area (Å²) in [7, 11) is 0. The number of anilines is 2. The van der Waals surface area contributed by atoms with E-state index in [-0.39, 0.29) is 11.8 Å². The van der Waals surface area contributed by atoms with Gasteiger partial charge in [-0.1, -0.05) is 12.1 Å². The van der Waals surface area contributed by atoms with Crippen LogP contribution in [0.3, 0.4) is 0 Å². The molecule has 0 aromatic heterocycles. The highest BCUT2D eigenvalue weighted by molar-refractivity contribution is 8.16. The fourth-order valence-electron chi connectivity index (χ4n) is 2.69. The highest BCUT2D eigenvalue weighted by Crippen LogP contribution is 2.39. The zero-order chi connectivity index (χ0) is 21.6. The maximum atomic E-state index is 13.0. The topological polar surface area (TPSA) is 49.4 Å². The van der Waals surface area contributed by atoms with Crippen LogP contribution < -0.4 is 10.2 Å². The molecule has 1 fully saturated rings. The molecule has 4 nitrogen and oxygen atoms in total. The number of nitrogens with zero attached hydrogens (tertiary/aromatic N) is 1. The molecule has 2 aromatic rings. The SMILES string of the molecule is Cc1cccc(N2C(=O)SC(Nc3cc(C(F)(F)F)cc(C(F)(F)F)c3)C2=O)c1. The van der Waals surface area contributed by atoms with Crippen molar-refractivity contribution in [3.8, 4) is 0 Å². The van der Waals surface area contributed by atoms with Gasteiger partial charge in [0.15, 0.2) is 5.37 Å². The molecule has 1 atom stereocenters. The van der Waals surface area contributed by atoms with E-state index in [1.54, 1.807) is 25.1 Å². The maximum absolute atomic E-state index is 13.0. The average molecular weight is 434 g/mol. The van der Waals surface area contributed by atoms with E-state index < -0.39 is 45.7 Å². The zero-order valence-corrected chi connectivity index (χ0v) is 15.4. The number of amides is 2. The van der Waals surface area contributed by atoms with Gasteiger partial charge in [-0.15, -0.1) is 0 Å².